The third kappa shape index (κ3) is 3.59. The van der Waals surface area contributed by atoms with Crippen LogP contribution >= 0.6 is 0 Å². The van der Waals surface area contributed by atoms with Crippen LogP contribution in [0.1, 0.15) is 12.8 Å². The van der Waals surface area contributed by atoms with E-state index in [2.05, 4.69) is 0 Å². The second kappa shape index (κ2) is 7.49. The zero-order chi connectivity index (χ0) is 16.9. The van der Waals surface area contributed by atoms with Crippen molar-refractivity contribution < 1.29 is 14.7 Å². The number of carbonyl (C=O) groups is 1. The Kier molecular flexibility index (Phi) is 5.15. The number of amides is 1. The summed E-state index contributed by atoms with van der Waals surface area (Å²) in [5.74, 6) is 0.253. The first-order valence-electron chi connectivity index (χ1n) is 7.46. The number of benzene rings is 2. The Morgan fingerprint density at radius 2 is 1.92 bits per heavy atom. The van der Waals surface area contributed by atoms with E-state index in [1.807, 2.05) is 48.5 Å². The number of rotatable bonds is 6. The molecule has 0 aliphatic carbocycles. The number of hydroxylamine groups is 1. The molecule has 6 nitrogen and oxygen atoms in total. The molecule has 3 aromatic rings. The van der Waals surface area contributed by atoms with Crippen molar-refractivity contribution in [1.29, 1.82) is 0 Å². The fourth-order valence-electron chi connectivity index (χ4n) is 2.30. The minimum atomic E-state index is -0.428. The average Bonchev–Trinajstić information content (AvgIpc) is 2.96. The molecule has 3 rings (SSSR count). The Morgan fingerprint density at radius 3 is 2.62 bits per heavy atom. The van der Waals surface area contributed by atoms with E-state index < -0.39 is 5.91 Å². The van der Waals surface area contributed by atoms with Crippen molar-refractivity contribution in [2.45, 2.75) is 12.8 Å². The van der Waals surface area contributed by atoms with Crippen LogP contribution in [0.3, 0.4) is 0 Å². The van der Waals surface area contributed by atoms with E-state index in [0.29, 0.717) is 18.8 Å². The van der Waals surface area contributed by atoms with Crippen molar-refractivity contribution in [2.75, 3.05) is 6.61 Å². The Hall–Kier alpha value is -2.34. The van der Waals surface area contributed by atoms with E-state index >= 15 is 0 Å². The topological polar surface area (TPSA) is 80.6 Å². The van der Waals surface area contributed by atoms with E-state index in [9.17, 15) is 9.59 Å². The fourth-order valence-corrected chi connectivity index (χ4v) is 4.39. The SMILES string of the molecule is O=C(CCCOc1ccc(-n2[se]c3ccccc3c2=O)cc1)NO. The zero-order valence-corrected chi connectivity index (χ0v) is 14.5. The number of nitrogens with one attached hydrogen (secondary N) is 1. The number of fused-ring (bicyclic) bond motifs is 1. The van der Waals surface area contributed by atoms with Gasteiger partial charge >= 0.3 is 144 Å². The second-order valence-electron chi connectivity index (χ2n) is 5.17. The average molecular weight is 391 g/mol. The van der Waals surface area contributed by atoms with E-state index in [1.165, 1.54) is 0 Å². The summed E-state index contributed by atoms with van der Waals surface area (Å²) in [6.07, 6.45) is 0.717. The first kappa shape index (κ1) is 16.5. The van der Waals surface area contributed by atoms with Crippen molar-refractivity contribution in [3.05, 3.63) is 58.9 Å². The third-order valence-electron chi connectivity index (χ3n) is 3.50. The van der Waals surface area contributed by atoms with Gasteiger partial charge in [-0.05, 0) is 0 Å². The second-order valence-corrected chi connectivity index (χ2v) is 7.24. The van der Waals surface area contributed by atoms with Gasteiger partial charge in [-0.2, -0.15) is 0 Å². The molecule has 0 saturated heterocycles. The number of nitrogens with zero attached hydrogens (tertiary/aromatic N) is 1. The number of aromatic nitrogens is 1. The van der Waals surface area contributed by atoms with Crippen molar-refractivity contribution in [1.82, 2.24) is 9.04 Å². The standard InChI is InChI=1S/C17H16N2O4Se/c20-16(18-22)6-3-11-23-13-9-7-12(8-10-13)19-17(21)14-4-1-2-5-15(14)24-19/h1-2,4-5,7-10,22H,3,6,11H2,(H,18,20). The van der Waals surface area contributed by atoms with Gasteiger partial charge in [-0.25, -0.2) is 0 Å². The molecule has 1 heterocycles. The monoisotopic (exact) mass is 392 g/mol. The third-order valence-corrected chi connectivity index (χ3v) is 5.84. The summed E-state index contributed by atoms with van der Waals surface area (Å²) < 4.78 is 8.44. The molecule has 0 saturated carbocycles. The van der Waals surface area contributed by atoms with E-state index in [1.54, 1.807) is 9.04 Å². The molecule has 0 fully saturated rings. The van der Waals surface area contributed by atoms with Crippen molar-refractivity contribution >= 4 is 30.3 Å². The van der Waals surface area contributed by atoms with Gasteiger partial charge in [0.1, 0.15) is 0 Å². The molecule has 124 valence electrons. The van der Waals surface area contributed by atoms with Gasteiger partial charge in [0.15, 0.2) is 0 Å². The summed E-state index contributed by atoms with van der Waals surface area (Å²) in [6, 6.07) is 15.0. The predicted molar refractivity (Wildman–Crippen MR) is 91.1 cm³/mol. The molecule has 2 N–H and O–H groups in total. The first-order chi connectivity index (χ1) is 11.7. The van der Waals surface area contributed by atoms with Crippen LogP contribution in [0.2, 0.25) is 0 Å². The van der Waals surface area contributed by atoms with Gasteiger partial charge in [-0.3, -0.25) is 0 Å². The van der Waals surface area contributed by atoms with Crippen molar-refractivity contribution in [2.24, 2.45) is 0 Å². The summed E-state index contributed by atoms with van der Waals surface area (Å²) in [5.41, 5.74) is 2.47. The predicted octanol–water partition coefficient (Wildman–Crippen LogP) is 1.71. The van der Waals surface area contributed by atoms with Gasteiger partial charge in [-0.15, -0.1) is 0 Å². The Balaban J connectivity index is 1.69. The van der Waals surface area contributed by atoms with Crippen molar-refractivity contribution in [3.63, 3.8) is 0 Å². The van der Waals surface area contributed by atoms with Gasteiger partial charge in [-0.1, -0.05) is 0 Å². The summed E-state index contributed by atoms with van der Waals surface area (Å²) in [7, 11) is 0. The summed E-state index contributed by atoms with van der Waals surface area (Å²) in [6.45, 7) is 0.380. The zero-order valence-electron chi connectivity index (χ0n) is 12.8. The summed E-state index contributed by atoms with van der Waals surface area (Å²) >= 11 is -0.0479. The molecule has 24 heavy (non-hydrogen) atoms. The quantitative estimate of drug-likeness (QED) is 0.290. The van der Waals surface area contributed by atoms with Gasteiger partial charge in [0.2, 0.25) is 0 Å². The van der Waals surface area contributed by atoms with Crippen LogP contribution in [0.5, 0.6) is 5.75 Å². The van der Waals surface area contributed by atoms with E-state index in [-0.39, 0.29) is 26.7 Å². The Labute approximate surface area is 144 Å². The molecule has 2 aromatic carbocycles. The number of carbonyl (C=O) groups excluding carboxylic acids is 1. The van der Waals surface area contributed by atoms with E-state index in [4.69, 9.17) is 9.94 Å². The van der Waals surface area contributed by atoms with Gasteiger partial charge in [0.25, 0.3) is 0 Å². The Bertz CT molecular complexity index is 899. The summed E-state index contributed by atoms with van der Waals surface area (Å²) in [4.78, 5) is 23.3. The van der Waals surface area contributed by atoms with Crippen LogP contribution in [-0.4, -0.2) is 36.0 Å². The maximum atomic E-state index is 12.4. The molecule has 0 aliphatic heterocycles. The molecule has 0 radical (unpaired) electrons. The molecule has 0 bridgehead atoms. The molecule has 0 spiro atoms. The normalized spacial score (nSPS) is 10.7. The van der Waals surface area contributed by atoms with Crippen LogP contribution in [-0.2, 0) is 4.79 Å². The molecule has 0 aliphatic rings. The van der Waals surface area contributed by atoms with Crippen LogP contribution < -0.4 is 15.8 Å². The van der Waals surface area contributed by atoms with Gasteiger partial charge in [0.05, 0.1) is 0 Å². The molecular formula is C17H16N2O4Se. The van der Waals surface area contributed by atoms with Gasteiger partial charge < -0.3 is 0 Å². The van der Waals surface area contributed by atoms with Crippen LogP contribution in [0.15, 0.2) is 53.3 Å². The first-order valence-corrected chi connectivity index (χ1v) is 9.08. The molecular weight excluding hydrogens is 375 g/mol. The van der Waals surface area contributed by atoms with Crippen LogP contribution in [0, 0.1) is 0 Å². The number of hydrogen-bond donors (Lipinski definition) is 2. The van der Waals surface area contributed by atoms with Crippen molar-refractivity contribution in [3.8, 4) is 11.4 Å². The Morgan fingerprint density at radius 1 is 1.17 bits per heavy atom. The molecule has 0 atom stereocenters. The van der Waals surface area contributed by atoms with Gasteiger partial charge in [0, 0.05) is 0 Å². The minimum absolute atomic E-state index is 0.0364. The fraction of sp³-hybridized carbons (Fsp3) is 0.176. The molecule has 7 heteroatoms. The van der Waals surface area contributed by atoms with Crippen LogP contribution in [0.4, 0.5) is 0 Å². The molecule has 1 aromatic heterocycles. The van der Waals surface area contributed by atoms with E-state index in [0.717, 1.165) is 15.3 Å². The number of ether oxygens (including phenoxy) is 1. The summed E-state index contributed by atoms with van der Waals surface area (Å²) in [5, 5.41) is 9.18. The van der Waals surface area contributed by atoms with Crippen LogP contribution in [0.25, 0.3) is 15.3 Å². The maximum absolute atomic E-state index is 12.4. The number of hydrogen-bond acceptors (Lipinski definition) is 4. The molecule has 0 unspecified atom stereocenters. The molecule has 1 amide bonds.